The van der Waals surface area contributed by atoms with E-state index in [-0.39, 0.29) is 5.41 Å². The van der Waals surface area contributed by atoms with Gasteiger partial charge < -0.3 is 9.32 Å². The molecule has 0 unspecified atom stereocenters. The fourth-order valence-corrected chi connectivity index (χ4v) is 7.32. The Morgan fingerprint density at radius 1 is 0.444 bits per heavy atom. The van der Waals surface area contributed by atoms with Crippen LogP contribution in [0, 0.1) is 0 Å². The Hall–Kier alpha value is -5.60. The number of benzene rings is 7. The summed E-state index contributed by atoms with van der Waals surface area (Å²) in [6.07, 6.45) is 0. The van der Waals surface area contributed by atoms with E-state index < -0.39 is 0 Å². The van der Waals surface area contributed by atoms with Crippen molar-refractivity contribution in [2.45, 2.75) is 19.3 Å². The molecule has 0 saturated heterocycles. The molecule has 0 spiro atoms. The fraction of sp³-hybridized carbons (Fsp3) is 0.0698. The molecule has 214 valence electrons. The summed E-state index contributed by atoms with van der Waals surface area (Å²) in [5, 5.41) is 4.71. The van der Waals surface area contributed by atoms with E-state index in [1.54, 1.807) is 0 Å². The summed E-state index contributed by atoms with van der Waals surface area (Å²) in [5.74, 6) is 0. The van der Waals surface area contributed by atoms with E-state index in [0.717, 1.165) is 39.0 Å². The van der Waals surface area contributed by atoms with Gasteiger partial charge in [-0.05, 0) is 105 Å². The Bertz CT molecular complexity index is 2400. The third-order valence-electron chi connectivity index (χ3n) is 9.63. The van der Waals surface area contributed by atoms with E-state index >= 15 is 0 Å². The zero-order valence-corrected chi connectivity index (χ0v) is 25.3. The summed E-state index contributed by atoms with van der Waals surface area (Å²) in [6.45, 7) is 4.66. The highest BCUT2D eigenvalue weighted by Gasteiger charge is 2.35. The summed E-state index contributed by atoms with van der Waals surface area (Å²) in [4.78, 5) is 2.36. The van der Waals surface area contributed by atoms with Crippen molar-refractivity contribution in [1.29, 1.82) is 0 Å². The minimum atomic E-state index is -0.0142. The maximum atomic E-state index is 6.19. The molecule has 45 heavy (non-hydrogen) atoms. The molecule has 9 rings (SSSR count). The number of furan rings is 1. The van der Waals surface area contributed by atoms with Gasteiger partial charge in [-0.25, -0.2) is 0 Å². The summed E-state index contributed by atoms with van der Waals surface area (Å²) in [7, 11) is 0. The second-order valence-corrected chi connectivity index (χ2v) is 12.6. The van der Waals surface area contributed by atoms with Gasteiger partial charge in [0.25, 0.3) is 0 Å². The monoisotopic (exact) mass is 577 g/mol. The Morgan fingerprint density at radius 2 is 1.13 bits per heavy atom. The molecule has 0 saturated carbocycles. The maximum Gasteiger partial charge on any atom is 0.136 e. The topological polar surface area (TPSA) is 16.4 Å². The van der Waals surface area contributed by atoms with Crippen LogP contribution < -0.4 is 4.90 Å². The zero-order chi connectivity index (χ0) is 30.1. The molecule has 7 aromatic carbocycles. The van der Waals surface area contributed by atoms with Crippen molar-refractivity contribution in [3.05, 3.63) is 163 Å². The second kappa shape index (κ2) is 9.70. The number of fused-ring (bicyclic) bond motifs is 7. The first-order chi connectivity index (χ1) is 22.0. The molecule has 2 nitrogen and oxygen atoms in total. The number of nitrogens with zero attached hydrogens (tertiary/aromatic N) is 1. The molecule has 1 aromatic heterocycles. The van der Waals surface area contributed by atoms with Crippen molar-refractivity contribution in [2.75, 3.05) is 4.90 Å². The average molecular weight is 578 g/mol. The summed E-state index contributed by atoms with van der Waals surface area (Å²) in [5.41, 5.74) is 13.1. The number of hydrogen-bond acceptors (Lipinski definition) is 2. The van der Waals surface area contributed by atoms with Crippen LogP contribution in [0.25, 0.3) is 55.0 Å². The molecule has 0 amide bonds. The molecule has 1 heterocycles. The van der Waals surface area contributed by atoms with Crippen LogP contribution in [0.15, 0.2) is 156 Å². The molecule has 2 heteroatoms. The summed E-state index contributed by atoms with van der Waals surface area (Å²) in [6, 6.07) is 54.8. The molecule has 0 radical (unpaired) electrons. The first-order valence-electron chi connectivity index (χ1n) is 15.6. The van der Waals surface area contributed by atoms with Gasteiger partial charge in [-0.1, -0.05) is 105 Å². The van der Waals surface area contributed by atoms with Gasteiger partial charge in [-0.15, -0.1) is 0 Å². The Kier molecular flexibility index (Phi) is 5.58. The Morgan fingerprint density at radius 3 is 2.00 bits per heavy atom. The number of anilines is 3. The highest BCUT2D eigenvalue weighted by molar-refractivity contribution is 6.10. The predicted molar refractivity (Wildman–Crippen MR) is 189 cm³/mol. The van der Waals surface area contributed by atoms with Crippen LogP contribution in [0.3, 0.4) is 0 Å². The quantitative estimate of drug-likeness (QED) is 0.207. The van der Waals surface area contributed by atoms with Crippen LogP contribution >= 0.6 is 0 Å². The van der Waals surface area contributed by atoms with Gasteiger partial charge in [-0.3, -0.25) is 0 Å². The van der Waals surface area contributed by atoms with Crippen molar-refractivity contribution >= 4 is 49.8 Å². The largest absolute Gasteiger partial charge is 0.456 e. The van der Waals surface area contributed by atoms with E-state index in [1.165, 1.54) is 44.2 Å². The van der Waals surface area contributed by atoms with Gasteiger partial charge in [0.15, 0.2) is 0 Å². The number of hydrogen-bond donors (Lipinski definition) is 0. The van der Waals surface area contributed by atoms with Gasteiger partial charge in [-0.2, -0.15) is 0 Å². The van der Waals surface area contributed by atoms with Crippen LogP contribution in [-0.4, -0.2) is 0 Å². The van der Waals surface area contributed by atoms with Crippen molar-refractivity contribution in [3.8, 4) is 22.3 Å². The molecular weight excluding hydrogens is 546 g/mol. The summed E-state index contributed by atoms with van der Waals surface area (Å²) < 4.78 is 6.19. The fourth-order valence-electron chi connectivity index (χ4n) is 7.32. The molecule has 0 aliphatic heterocycles. The van der Waals surface area contributed by atoms with Gasteiger partial charge in [0.1, 0.15) is 11.2 Å². The first-order valence-corrected chi connectivity index (χ1v) is 15.6. The van der Waals surface area contributed by atoms with Crippen molar-refractivity contribution < 1.29 is 4.42 Å². The van der Waals surface area contributed by atoms with Gasteiger partial charge in [0, 0.05) is 33.2 Å². The molecule has 1 aliphatic carbocycles. The molecule has 0 fully saturated rings. The molecular formula is C43H31NO. The van der Waals surface area contributed by atoms with Gasteiger partial charge >= 0.3 is 0 Å². The molecule has 0 atom stereocenters. The SMILES string of the molecule is CC1(C)c2ccccc2-c2cc(N(c3ccccc3)c3ccc(-c4ccc5cc6c(cc5c4)oc4ccccc46)cc3)ccc21. The van der Waals surface area contributed by atoms with Crippen LogP contribution in [0.5, 0.6) is 0 Å². The van der Waals surface area contributed by atoms with Crippen LogP contribution in [0.4, 0.5) is 17.1 Å². The van der Waals surface area contributed by atoms with Crippen LogP contribution in [-0.2, 0) is 5.41 Å². The lowest BCUT2D eigenvalue weighted by molar-refractivity contribution is 0.660. The maximum absolute atomic E-state index is 6.19. The highest BCUT2D eigenvalue weighted by atomic mass is 16.3. The van der Waals surface area contributed by atoms with E-state index in [1.807, 2.05) is 12.1 Å². The number of para-hydroxylation sites is 2. The van der Waals surface area contributed by atoms with Crippen molar-refractivity contribution in [3.63, 3.8) is 0 Å². The minimum absolute atomic E-state index is 0.0142. The first kappa shape index (κ1) is 25.9. The number of rotatable bonds is 4. The Balaban J connectivity index is 1.12. The van der Waals surface area contributed by atoms with Crippen LogP contribution in [0.1, 0.15) is 25.0 Å². The normalized spacial score (nSPS) is 13.3. The summed E-state index contributed by atoms with van der Waals surface area (Å²) >= 11 is 0. The molecule has 8 aromatic rings. The lowest BCUT2D eigenvalue weighted by atomic mass is 9.82. The standard InChI is InChI=1S/C43H31NO/c1-43(2)39-14-8-6-12-35(39)37-27-34(22-23-40(37)43)44(32-10-4-3-5-11-32)33-20-18-28(19-21-33)29-16-17-30-25-38-36-13-7-9-15-41(36)45-42(38)26-31(30)24-29/h3-27H,1-2H3. The second-order valence-electron chi connectivity index (χ2n) is 12.6. The van der Waals surface area contributed by atoms with Gasteiger partial charge in [0.05, 0.1) is 0 Å². The third kappa shape index (κ3) is 4.03. The zero-order valence-electron chi connectivity index (χ0n) is 25.3. The smallest absolute Gasteiger partial charge is 0.136 e. The lowest BCUT2D eigenvalue weighted by Crippen LogP contribution is -2.15. The van der Waals surface area contributed by atoms with E-state index in [9.17, 15) is 0 Å². The minimum Gasteiger partial charge on any atom is -0.456 e. The highest BCUT2D eigenvalue weighted by Crippen LogP contribution is 2.50. The van der Waals surface area contributed by atoms with E-state index in [0.29, 0.717) is 0 Å². The van der Waals surface area contributed by atoms with E-state index in [2.05, 4.69) is 158 Å². The van der Waals surface area contributed by atoms with E-state index in [4.69, 9.17) is 4.42 Å². The third-order valence-corrected chi connectivity index (χ3v) is 9.63. The predicted octanol–water partition coefficient (Wildman–Crippen LogP) is 12.2. The lowest BCUT2D eigenvalue weighted by Gasteiger charge is -2.27. The molecule has 0 N–H and O–H groups in total. The van der Waals surface area contributed by atoms with Crippen LogP contribution in [0.2, 0.25) is 0 Å². The van der Waals surface area contributed by atoms with Gasteiger partial charge in [0.2, 0.25) is 0 Å². The average Bonchev–Trinajstić information content (AvgIpc) is 3.55. The molecule has 1 aliphatic rings. The van der Waals surface area contributed by atoms with Crippen molar-refractivity contribution in [2.24, 2.45) is 0 Å². The Labute approximate surface area is 262 Å². The molecule has 0 bridgehead atoms. The van der Waals surface area contributed by atoms with Crippen molar-refractivity contribution in [1.82, 2.24) is 0 Å².